The van der Waals surface area contributed by atoms with Crippen LogP contribution in [0.2, 0.25) is 0 Å². The van der Waals surface area contributed by atoms with Crippen LogP contribution in [0, 0.1) is 0 Å². The van der Waals surface area contributed by atoms with Crippen LogP contribution >= 0.6 is 0 Å². The molecule has 126 valence electrons. The highest BCUT2D eigenvalue weighted by Crippen LogP contribution is 2.12. The third-order valence-corrected chi connectivity index (χ3v) is 3.28. The minimum absolute atomic E-state index is 0.115. The smallest absolute Gasteiger partial charge is 0.331 e. The maximum Gasteiger partial charge on any atom is 0.331 e. The van der Waals surface area contributed by atoms with Gasteiger partial charge in [0.05, 0.1) is 0 Å². The standard InChI is InChI=1S/C16H17N3O5/c1-24-10-2-9-19-15(22)13(14(21)18-16(19)23)12(20)4-3-11-5-7-17-8-6-11/h3-8,22H,2,9-10H2,1H3,(H,18,21,23)/b4-3+. The normalized spacial score (nSPS) is 11.0. The van der Waals surface area contributed by atoms with Gasteiger partial charge < -0.3 is 9.84 Å². The number of H-pyrrole nitrogens is 1. The first-order valence-corrected chi connectivity index (χ1v) is 7.22. The van der Waals surface area contributed by atoms with Gasteiger partial charge in [-0.2, -0.15) is 0 Å². The fourth-order valence-corrected chi connectivity index (χ4v) is 2.09. The zero-order valence-electron chi connectivity index (χ0n) is 13.1. The van der Waals surface area contributed by atoms with E-state index in [0.717, 1.165) is 10.6 Å². The summed E-state index contributed by atoms with van der Waals surface area (Å²) in [6, 6.07) is 3.36. The van der Waals surface area contributed by atoms with Crippen molar-refractivity contribution in [1.82, 2.24) is 14.5 Å². The number of aromatic hydroxyl groups is 1. The van der Waals surface area contributed by atoms with E-state index in [0.29, 0.717) is 18.6 Å². The Morgan fingerprint density at radius 3 is 2.75 bits per heavy atom. The molecule has 24 heavy (non-hydrogen) atoms. The maximum absolute atomic E-state index is 12.2. The van der Waals surface area contributed by atoms with Gasteiger partial charge >= 0.3 is 5.69 Å². The predicted octanol–water partition coefficient (Wildman–Crippen LogP) is 0.570. The predicted molar refractivity (Wildman–Crippen MR) is 87.1 cm³/mol. The van der Waals surface area contributed by atoms with Crippen molar-refractivity contribution in [2.75, 3.05) is 13.7 Å². The summed E-state index contributed by atoms with van der Waals surface area (Å²) in [4.78, 5) is 41.8. The molecule has 0 saturated heterocycles. The van der Waals surface area contributed by atoms with Crippen LogP contribution in [0.5, 0.6) is 5.88 Å². The first kappa shape index (κ1) is 17.4. The van der Waals surface area contributed by atoms with Crippen LogP contribution in [0.15, 0.2) is 40.2 Å². The van der Waals surface area contributed by atoms with Crippen molar-refractivity contribution in [3.05, 3.63) is 62.6 Å². The number of nitrogens with zero attached hydrogens (tertiary/aromatic N) is 2. The molecule has 0 aromatic carbocycles. The molecule has 0 fully saturated rings. The number of pyridine rings is 1. The number of hydrogen-bond donors (Lipinski definition) is 2. The Labute approximate surface area is 137 Å². The van der Waals surface area contributed by atoms with E-state index in [4.69, 9.17) is 4.74 Å². The fourth-order valence-electron chi connectivity index (χ4n) is 2.09. The number of carbonyl (C=O) groups is 1. The molecule has 0 aliphatic heterocycles. The van der Waals surface area contributed by atoms with Gasteiger partial charge in [-0.25, -0.2) is 4.79 Å². The largest absolute Gasteiger partial charge is 0.494 e. The van der Waals surface area contributed by atoms with Crippen molar-refractivity contribution >= 4 is 11.9 Å². The van der Waals surface area contributed by atoms with Crippen LogP contribution in [0.25, 0.3) is 6.08 Å². The van der Waals surface area contributed by atoms with E-state index in [1.165, 1.54) is 13.2 Å². The van der Waals surface area contributed by atoms with E-state index < -0.39 is 28.5 Å². The van der Waals surface area contributed by atoms with Gasteiger partial charge in [-0.15, -0.1) is 0 Å². The molecule has 2 aromatic rings. The molecule has 2 heterocycles. The minimum Gasteiger partial charge on any atom is -0.494 e. The molecule has 0 bridgehead atoms. The van der Waals surface area contributed by atoms with Crippen LogP contribution in [0.3, 0.4) is 0 Å². The van der Waals surface area contributed by atoms with Crippen molar-refractivity contribution in [1.29, 1.82) is 0 Å². The fraction of sp³-hybridized carbons (Fsp3) is 0.250. The number of nitrogens with one attached hydrogen (secondary N) is 1. The number of allylic oxidation sites excluding steroid dienone is 1. The van der Waals surface area contributed by atoms with Crippen molar-refractivity contribution in [3.8, 4) is 5.88 Å². The van der Waals surface area contributed by atoms with E-state index in [2.05, 4.69) is 4.98 Å². The van der Waals surface area contributed by atoms with E-state index in [9.17, 15) is 19.5 Å². The molecule has 8 nitrogen and oxygen atoms in total. The summed E-state index contributed by atoms with van der Waals surface area (Å²) >= 11 is 0. The van der Waals surface area contributed by atoms with E-state index in [1.807, 2.05) is 4.98 Å². The second kappa shape index (κ2) is 8.02. The van der Waals surface area contributed by atoms with Gasteiger partial charge in [-0.1, -0.05) is 6.08 Å². The van der Waals surface area contributed by atoms with Crippen molar-refractivity contribution in [3.63, 3.8) is 0 Å². The molecule has 8 heteroatoms. The lowest BCUT2D eigenvalue weighted by Gasteiger charge is -2.09. The van der Waals surface area contributed by atoms with E-state index in [1.54, 1.807) is 24.5 Å². The van der Waals surface area contributed by atoms with Gasteiger partial charge in [0.2, 0.25) is 5.88 Å². The lowest BCUT2D eigenvalue weighted by atomic mass is 10.1. The number of methoxy groups -OCH3 is 1. The molecule has 0 radical (unpaired) electrons. The second-order valence-corrected chi connectivity index (χ2v) is 4.93. The Balaban J connectivity index is 2.33. The number of carbonyl (C=O) groups excluding carboxylic acids is 1. The average molecular weight is 331 g/mol. The maximum atomic E-state index is 12.2. The number of hydrogen-bond acceptors (Lipinski definition) is 6. The van der Waals surface area contributed by atoms with Gasteiger partial charge in [0, 0.05) is 32.7 Å². The molecule has 0 aliphatic carbocycles. The summed E-state index contributed by atoms with van der Waals surface area (Å²) in [5.41, 5.74) is -1.46. The summed E-state index contributed by atoms with van der Waals surface area (Å²) in [6.07, 6.45) is 6.21. The van der Waals surface area contributed by atoms with Crippen molar-refractivity contribution in [2.45, 2.75) is 13.0 Å². The molecule has 2 N–H and O–H groups in total. The SMILES string of the molecule is COCCCn1c(O)c(C(=O)/C=C/c2ccncc2)c(=O)[nH]c1=O. The van der Waals surface area contributed by atoms with Crippen LogP contribution in [0.1, 0.15) is 22.3 Å². The summed E-state index contributed by atoms with van der Waals surface area (Å²) in [5.74, 6) is -1.35. The number of aromatic nitrogens is 3. The first-order valence-electron chi connectivity index (χ1n) is 7.22. The highest BCUT2D eigenvalue weighted by atomic mass is 16.5. The number of ether oxygens (including phenoxy) is 1. The number of aromatic amines is 1. The Morgan fingerprint density at radius 1 is 1.38 bits per heavy atom. The van der Waals surface area contributed by atoms with E-state index in [-0.39, 0.29) is 6.54 Å². The van der Waals surface area contributed by atoms with Gasteiger partial charge in [0.25, 0.3) is 5.56 Å². The summed E-state index contributed by atoms with van der Waals surface area (Å²) in [5, 5.41) is 10.2. The monoisotopic (exact) mass is 331 g/mol. The Bertz CT molecular complexity index is 852. The second-order valence-electron chi connectivity index (χ2n) is 4.93. The third-order valence-electron chi connectivity index (χ3n) is 3.28. The van der Waals surface area contributed by atoms with Crippen molar-refractivity contribution in [2.24, 2.45) is 0 Å². The lowest BCUT2D eigenvalue weighted by molar-refractivity contribution is 0.104. The van der Waals surface area contributed by atoms with Crippen LogP contribution in [0.4, 0.5) is 0 Å². The van der Waals surface area contributed by atoms with Gasteiger partial charge in [-0.3, -0.25) is 24.1 Å². The minimum atomic E-state index is -0.926. The number of rotatable bonds is 7. The van der Waals surface area contributed by atoms with Crippen LogP contribution < -0.4 is 11.2 Å². The Morgan fingerprint density at radius 2 is 2.08 bits per heavy atom. The average Bonchev–Trinajstić information content (AvgIpc) is 2.56. The molecule has 0 saturated carbocycles. The number of ketones is 1. The lowest BCUT2D eigenvalue weighted by Crippen LogP contribution is -2.33. The van der Waals surface area contributed by atoms with Gasteiger partial charge in [0.15, 0.2) is 5.78 Å². The molecule has 2 aromatic heterocycles. The quantitative estimate of drug-likeness (QED) is 0.435. The molecule has 0 aliphatic rings. The van der Waals surface area contributed by atoms with Crippen molar-refractivity contribution < 1.29 is 14.6 Å². The zero-order valence-corrected chi connectivity index (χ0v) is 13.1. The first-order chi connectivity index (χ1) is 11.5. The molecular weight excluding hydrogens is 314 g/mol. The summed E-state index contributed by atoms with van der Waals surface area (Å²) in [7, 11) is 1.51. The van der Waals surface area contributed by atoms with Gasteiger partial charge in [0.1, 0.15) is 5.56 Å². The summed E-state index contributed by atoms with van der Waals surface area (Å²) < 4.78 is 5.82. The molecule has 0 atom stereocenters. The van der Waals surface area contributed by atoms with Crippen LogP contribution in [-0.2, 0) is 11.3 Å². The summed E-state index contributed by atoms with van der Waals surface area (Å²) in [6.45, 7) is 0.486. The third kappa shape index (κ3) is 4.05. The molecule has 2 rings (SSSR count). The Hall–Kier alpha value is -3.00. The van der Waals surface area contributed by atoms with Crippen LogP contribution in [-0.4, -0.2) is 39.1 Å². The highest BCUT2D eigenvalue weighted by Gasteiger charge is 2.18. The topological polar surface area (TPSA) is 114 Å². The zero-order chi connectivity index (χ0) is 17.5. The molecule has 0 spiro atoms. The van der Waals surface area contributed by atoms with Gasteiger partial charge in [-0.05, 0) is 30.2 Å². The van der Waals surface area contributed by atoms with E-state index >= 15 is 0 Å². The molecular formula is C16H17N3O5. The molecule has 0 amide bonds. The Kier molecular flexibility index (Phi) is 5.80. The highest BCUT2D eigenvalue weighted by molar-refractivity contribution is 6.07. The molecule has 0 unspecified atom stereocenters.